The van der Waals surface area contributed by atoms with Crippen LogP contribution in [0.5, 0.6) is 0 Å². The zero-order chi connectivity index (χ0) is 14.8. The van der Waals surface area contributed by atoms with E-state index in [4.69, 9.17) is 0 Å². The normalized spacial score (nSPS) is 22.9. The molecular weight excluding hydrogens is 370 g/mol. The van der Waals surface area contributed by atoms with Crippen molar-refractivity contribution < 1.29 is 9.59 Å². The number of benzene rings is 1. The molecule has 0 radical (unpaired) electrons. The van der Waals surface area contributed by atoms with Gasteiger partial charge in [0.05, 0.1) is 6.54 Å². The van der Waals surface area contributed by atoms with Gasteiger partial charge in [-0.05, 0) is 30.0 Å². The molecule has 2 aliphatic heterocycles. The summed E-state index contributed by atoms with van der Waals surface area (Å²) in [5.41, 5.74) is 0.555. The Hall–Kier alpha value is -1.11. The Labute approximate surface area is 144 Å². The second-order valence-electron chi connectivity index (χ2n) is 5.67. The fraction of sp³-hybridized carbons (Fsp3) is 0.467. The summed E-state index contributed by atoms with van der Waals surface area (Å²) >= 11 is 3.33. The lowest BCUT2D eigenvalue weighted by Crippen LogP contribution is -2.40. The SMILES string of the molecule is Cl.O=C(NCC(=O)N1C[C@H]2CNC[C@H]2C1)c1cccc(Br)c1. The largest absolute Gasteiger partial charge is 0.343 e. The fourth-order valence-corrected chi connectivity index (χ4v) is 3.46. The number of fused-ring (bicyclic) bond motifs is 1. The van der Waals surface area contributed by atoms with E-state index in [1.54, 1.807) is 18.2 Å². The molecule has 1 aromatic carbocycles. The highest BCUT2D eigenvalue weighted by Crippen LogP contribution is 2.26. The number of rotatable bonds is 3. The molecule has 22 heavy (non-hydrogen) atoms. The Bertz CT molecular complexity index is 557. The molecule has 0 unspecified atom stereocenters. The van der Waals surface area contributed by atoms with Crippen molar-refractivity contribution in [3.63, 3.8) is 0 Å². The fourth-order valence-electron chi connectivity index (χ4n) is 3.06. The molecule has 0 aliphatic carbocycles. The lowest BCUT2D eigenvalue weighted by molar-refractivity contribution is -0.129. The first-order valence-electron chi connectivity index (χ1n) is 7.16. The Morgan fingerprint density at radius 3 is 2.59 bits per heavy atom. The number of halogens is 2. The van der Waals surface area contributed by atoms with Crippen molar-refractivity contribution in [2.75, 3.05) is 32.7 Å². The van der Waals surface area contributed by atoms with Gasteiger partial charge in [-0.2, -0.15) is 0 Å². The van der Waals surface area contributed by atoms with Gasteiger partial charge in [0.1, 0.15) is 0 Å². The summed E-state index contributed by atoms with van der Waals surface area (Å²) in [6.45, 7) is 3.68. The average Bonchev–Trinajstić information content (AvgIpc) is 3.05. The van der Waals surface area contributed by atoms with Crippen molar-refractivity contribution in [1.82, 2.24) is 15.5 Å². The molecule has 3 rings (SSSR count). The third kappa shape index (κ3) is 3.80. The van der Waals surface area contributed by atoms with Crippen LogP contribution in [0.2, 0.25) is 0 Å². The maximum absolute atomic E-state index is 12.2. The molecular formula is C15H19BrClN3O2. The molecule has 120 valence electrons. The number of nitrogens with zero attached hydrogens (tertiary/aromatic N) is 1. The van der Waals surface area contributed by atoms with E-state index >= 15 is 0 Å². The topological polar surface area (TPSA) is 61.4 Å². The van der Waals surface area contributed by atoms with Gasteiger partial charge in [-0.1, -0.05) is 22.0 Å². The van der Waals surface area contributed by atoms with Crippen LogP contribution in [-0.2, 0) is 4.79 Å². The first-order valence-corrected chi connectivity index (χ1v) is 7.95. The number of carbonyl (C=O) groups is 2. The van der Waals surface area contributed by atoms with Gasteiger partial charge in [-0.15, -0.1) is 12.4 Å². The molecule has 0 aromatic heterocycles. The second-order valence-corrected chi connectivity index (χ2v) is 6.59. The minimum Gasteiger partial charge on any atom is -0.343 e. The molecule has 0 spiro atoms. The van der Waals surface area contributed by atoms with E-state index in [9.17, 15) is 9.59 Å². The minimum absolute atomic E-state index is 0. The van der Waals surface area contributed by atoms with Crippen LogP contribution in [0.15, 0.2) is 28.7 Å². The summed E-state index contributed by atoms with van der Waals surface area (Å²) in [6, 6.07) is 7.14. The zero-order valence-corrected chi connectivity index (χ0v) is 14.5. The van der Waals surface area contributed by atoms with Crippen LogP contribution in [0.25, 0.3) is 0 Å². The van der Waals surface area contributed by atoms with Gasteiger partial charge in [0, 0.05) is 36.2 Å². The number of likely N-dealkylation sites (tertiary alicyclic amines) is 1. The van der Waals surface area contributed by atoms with E-state index in [0.29, 0.717) is 17.4 Å². The van der Waals surface area contributed by atoms with Crippen molar-refractivity contribution in [2.45, 2.75) is 0 Å². The highest BCUT2D eigenvalue weighted by molar-refractivity contribution is 9.10. The summed E-state index contributed by atoms with van der Waals surface area (Å²) in [5, 5.41) is 6.05. The Morgan fingerprint density at radius 1 is 1.27 bits per heavy atom. The molecule has 2 atom stereocenters. The monoisotopic (exact) mass is 387 g/mol. The number of nitrogens with one attached hydrogen (secondary N) is 2. The molecule has 0 bridgehead atoms. The summed E-state index contributed by atoms with van der Waals surface area (Å²) < 4.78 is 0.848. The van der Waals surface area contributed by atoms with E-state index < -0.39 is 0 Å². The number of amides is 2. The van der Waals surface area contributed by atoms with Crippen LogP contribution < -0.4 is 10.6 Å². The molecule has 2 N–H and O–H groups in total. The Kier molecular flexibility index (Phi) is 5.83. The minimum atomic E-state index is -0.217. The standard InChI is InChI=1S/C15H18BrN3O2.ClH/c16-13-3-1-2-10(4-13)15(21)18-7-14(20)19-8-11-5-17-6-12(11)9-19;/h1-4,11-12,17H,5-9H2,(H,18,21);1H/t11-,12+;. The molecule has 7 heteroatoms. The zero-order valence-electron chi connectivity index (χ0n) is 12.0. The molecule has 0 saturated carbocycles. The van der Waals surface area contributed by atoms with Gasteiger partial charge in [0.15, 0.2) is 0 Å². The van der Waals surface area contributed by atoms with Crippen LogP contribution in [-0.4, -0.2) is 49.4 Å². The maximum Gasteiger partial charge on any atom is 0.251 e. The average molecular weight is 389 g/mol. The molecule has 2 aliphatic rings. The predicted octanol–water partition coefficient (Wildman–Crippen LogP) is 1.28. The quantitative estimate of drug-likeness (QED) is 0.820. The first-order chi connectivity index (χ1) is 10.1. The van der Waals surface area contributed by atoms with Crippen molar-refractivity contribution >= 4 is 40.2 Å². The van der Waals surface area contributed by atoms with Gasteiger partial charge in [0.2, 0.25) is 5.91 Å². The molecule has 2 saturated heterocycles. The van der Waals surface area contributed by atoms with Crippen LogP contribution in [0, 0.1) is 11.8 Å². The third-order valence-corrected chi connectivity index (χ3v) is 4.72. The van der Waals surface area contributed by atoms with Crippen molar-refractivity contribution in [3.8, 4) is 0 Å². The molecule has 2 fully saturated rings. The van der Waals surface area contributed by atoms with E-state index in [1.807, 2.05) is 11.0 Å². The number of hydrogen-bond donors (Lipinski definition) is 2. The van der Waals surface area contributed by atoms with Crippen LogP contribution in [0.1, 0.15) is 10.4 Å². The summed E-state index contributed by atoms with van der Waals surface area (Å²) in [7, 11) is 0. The van der Waals surface area contributed by atoms with Gasteiger partial charge >= 0.3 is 0 Å². The molecule has 5 nitrogen and oxygen atoms in total. The maximum atomic E-state index is 12.2. The van der Waals surface area contributed by atoms with E-state index in [1.165, 1.54) is 0 Å². The third-order valence-electron chi connectivity index (χ3n) is 4.23. The molecule has 1 aromatic rings. The number of carbonyl (C=O) groups excluding carboxylic acids is 2. The van der Waals surface area contributed by atoms with Crippen LogP contribution in [0.4, 0.5) is 0 Å². The van der Waals surface area contributed by atoms with Gasteiger partial charge in [-0.3, -0.25) is 9.59 Å². The smallest absolute Gasteiger partial charge is 0.251 e. The highest BCUT2D eigenvalue weighted by Gasteiger charge is 2.37. The Morgan fingerprint density at radius 2 is 1.95 bits per heavy atom. The summed E-state index contributed by atoms with van der Waals surface area (Å²) in [5.74, 6) is 0.947. The van der Waals surface area contributed by atoms with E-state index in [2.05, 4.69) is 26.6 Å². The predicted molar refractivity (Wildman–Crippen MR) is 90.2 cm³/mol. The Balaban J connectivity index is 0.00000176. The summed E-state index contributed by atoms with van der Waals surface area (Å²) in [6.07, 6.45) is 0. The van der Waals surface area contributed by atoms with Crippen molar-refractivity contribution in [3.05, 3.63) is 34.3 Å². The van der Waals surface area contributed by atoms with Gasteiger partial charge < -0.3 is 15.5 Å². The lowest BCUT2D eigenvalue weighted by Gasteiger charge is -2.17. The van der Waals surface area contributed by atoms with Crippen LogP contribution in [0.3, 0.4) is 0 Å². The van der Waals surface area contributed by atoms with Crippen molar-refractivity contribution in [2.24, 2.45) is 11.8 Å². The highest BCUT2D eigenvalue weighted by atomic mass is 79.9. The van der Waals surface area contributed by atoms with E-state index in [-0.39, 0.29) is 30.8 Å². The van der Waals surface area contributed by atoms with Crippen molar-refractivity contribution in [1.29, 1.82) is 0 Å². The van der Waals surface area contributed by atoms with Crippen LogP contribution >= 0.6 is 28.3 Å². The van der Waals surface area contributed by atoms with Gasteiger partial charge in [-0.25, -0.2) is 0 Å². The molecule has 2 heterocycles. The van der Waals surface area contributed by atoms with E-state index in [0.717, 1.165) is 30.7 Å². The second kappa shape index (κ2) is 7.44. The first kappa shape index (κ1) is 17.2. The van der Waals surface area contributed by atoms with Gasteiger partial charge in [0.25, 0.3) is 5.91 Å². The summed E-state index contributed by atoms with van der Waals surface area (Å²) in [4.78, 5) is 26.0. The lowest BCUT2D eigenvalue weighted by atomic mass is 10.0. The molecule has 2 amide bonds. The number of hydrogen-bond acceptors (Lipinski definition) is 3.